The second kappa shape index (κ2) is 8.01. The fraction of sp³-hybridized carbons (Fsp3) is 0.353. The summed E-state index contributed by atoms with van der Waals surface area (Å²) in [5.41, 5.74) is 5.64. The number of rotatable bonds is 7. The maximum atomic E-state index is 12.2. The molecule has 2 aromatic heterocycles. The van der Waals surface area contributed by atoms with Crippen molar-refractivity contribution in [3.8, 4) is 5.75 Å². The molecule has 30 heavy (non-hydrogen) atoms. The minimum absolute atomic E-state index is 0.0328. The third kappa shape index (κ3) is 4.07. The van der Waals surface area contributed by atoms with E-state index in [0.29, 0.717) is 17.1 Å². The van der Waals surface area contributed by atoms with Gasteiger partial charge >= 0.3 is 7.82 Å². The molecule has 1 aliphatic carbocycles. The topological polar surface area (TPSA) is 166 Å². The Morgan fingerprint density at radius 1 is 1.37 bits per heavy atom. The van der Waals surface area contributed by atoms with Crippen LogP contribution in [0.25, 0.3) is 11.2 Å². The van der Waals surface area contributed by atoms with Gasteiger partial charge in [-0.15, -0.1) is 0 Å². The number of imidazole rings is 1. The van der Waals surface area contributed by atoms with Gasteiger partial charge < -0.3 is 19.9 Å². The Kier molecular flexibility index (Phi) is 5.56. The van der Waals surface area contributed by atoms with Gasteiger partial charge in [0.25, 0.3) is 5.56 Å². The summed E-state index contributed by atoms with van der Waals surface area (Å²) in [5.74, 6) is -0.380. The van der Waals surface area contributed by atoms with Gasteiger partial charge in [-0.25, -0.2) is 9.55 Å². The molecule has 160 valence electrons. The van der Waals surface area contributed by atoms with Crippen molar-refractivity contribution in [1.29, 1.82) is 0 Å². The van der Waals surface area contributed by atoms with E-state index in [-0.39, 0.29) is 48.3 Å². The van der Waals surface area contributed by atoms with Crippen LogP contribution in [0.4, 0.5) is 5.95 Å². The molecule has 0 radical (unpaired) electrons. The van der Waals surface area contributed by atoms with Crippen molar-refractivity contribution < 1.29 is 23.6 Å². The van der Waals surface area contributed by atoms with E-state index in [1.807, 2.05) is 0 Å². The summed E-state index contributed by atoms with van der Waals surface area (Å²) in [7, 11) is -4.35. The standard InChI is InChI=1S/C17H19ClN5O6P/c18-10-1-3-11(4-2-10)29-30(26,27)28-7-9-5-13(12(9)6-24)23-8-20-14-15(23)21-17(19)22-16(14)25/h1-4,8-9,12-13,24H,5-7H2,(H,26,27)(H3,19,21,22,25)/t9-,12-,13-/m1/s1. The van der Waals surface area contributed by atoms with Crippen LogP contribution in [0.3, 0.4) is 0 Å². The highest BCUT2D eigenvalue weighted by Gasteiger charge is 2.44. The number of benzene rings is 1. The lowest BCUT2D eigenvalue weighted by molar-refractivity contribution is -0.00487. The highest BCUT2D eigenvalue weighted by atomic mass is 35.5. The van der Waals surface area contributed by atoms with Gasteiger partial charge in [-0.3, -0.25) is 19.2 Å². The van der Waals surface area contributed by atoms with Crippen LogP contribution >= 0.6 is 19.4 Å². The maximum absolute atomic E-state index is 12.2. The van der Waals surface area contributed by atoms with E-state index in [1.165, 1.54) is 30.6 Å². The molecule has 0 aliphatic heterocycles. The molecule has 13 heteroatoms. The Morgan fingerprint density at radius 2 is 2.10 bits per heavy atom. The van der Waals surface area contributed by atoms with Gasteiger partial charge in [-0.1, -0.05) is 11.6 Å². The third-order valence-electron chi connectivity index (χ3n) is 5.15. The molecule has 4 atom stereocenters. The van der Waals surface area contributed by atoms with Gasteiger partial charge in [0.15, 0.2) is 11.2 Å². The lowest BCUT2D eigenvalue weighted by atomic mass is 9.70. The molecule has 1 aromatic carbocycles. The van der Waals surface area contributed by atoms with Gasteiger partial charge in [0, 0.05) is 23.6 Å². The first kappa shape index (κ1) is 20.8. The molecule has 5 N–H and O–H groups in total. The Labute approximate surface area is 175 Å². The van der Waals surface area contributed by atoms with Gasteiger partial charge in [0.2, 0.25) is 5.95 Å². The normalized spacial score (nSPS) is 23.1. The van der Waals surface area contributed by atoms with Crippen molar-refractivity contribution in [3.63, 3.8) is 0 Å². The molecule has 0 bridgehead atoms. The SMILES string of the molecule is Nc1nc2c(ncn2[C@@H]2C[C@H](COP(=O)(O)Oc3ccc(Cl)cc3)[C@H]2CO)c(=O)[nH]1. The number of phosphoric ester groups is 1. The van der Waals surface area contributed by atoms with Gasteiger partial charge in [-0.2, -0.15) is 4.98 Å². The molecule has 0 saturated heterocycles. The molecule has 11 nitrogen and oxygen atoms in total. The number of aliphatic hydroxyl groups is 1. The van der Waals surface area contributed by atoms with Crippen LogP contribution in [0, 0.1) is 11.8 Å². The average molecular weight is 456 g/mol. The maximum Gasteiger partial charge on any atom is 0.527 e. The van der Waals surface area contributed by atoms with E-state index in [2.05, 4.69) is 15.0 Å². The third-order valence-corrected chi connectivity index (χ3v) is 6.32. The van der Waals surface area contributed by atoms with Gasteiger partial charge in [-0.05, 0) is 36.6 Å². The highest BCUT2D eigenvalue weighted by molar-refractivity contribution is 7.47. The monoisotopic (exact) mass is 455 g/mol. The van der Waals surface area contributed by atoms with Crippen LogP contribution in [0.15, 0.2) is 35.4 Å². The zero-order chi connectivity index (χ0) is 21.5. The fourth-order valence-corrected chi connectivity index (χ4v) is 4.54. The summed E-state index contributed by atoms with van der Waals surface area (Å²) >= 11 is 5.77. The number of nitrogens with zero attached hydrogens (tertiary/aromatic N) is 3. The number of fused-ring (bicyclic) bond motifs is 1. The number of hydrogen-bond donors (Lipinski definition) is 4. The highest BCUT2D eigenvalue weighted by Crippen LogP contribution is 2.49. The minimum atomic E-state index is -4.35. The number of aromatic amines is 1. The molecule has 1 unspecified atom stereocenters. The van der Waals surface area contributed by atoms with Crippen LogP contribution in [0.1, 0.15) is 12.5 Å². The Morgan fingerprint density at radius 3 is 2.80 bits per heavy atom. The van der Waals surface area contributed by atoms with Crippen molar-refractivity contribution in [2.75, 3.05) is 18.9 Å². The summed E-state index contributed by atoms with van der Waals surface area (Å²) in [5, 5.41) is 10.3. The Bertz CT molecular complexity index is 1170. The van der Waals surface area contributed by atoms with E-state index in [4.69, 9.17) is 26.4 Å². The summed E-state index contributed by atoms with van der Waals surface area (Å²) in [6.07, 6.45) is 1.99. The second-order valence-electron chi connectivity index (χ2n) is 6.99. The van der Waals surface area contributed by atoms with Gasteiger partial charge in [0.05, 0.1) is 12.9 Å². The summed E-state index contributed by atoms with van der Waals surface area (Å²) in [6, 6.07) is 5.74. The quantitative estimate of drug-likeness (QED) is 0.388. The molecule has 1 saturated carbocycles. The van der Waals surface area contributed by atoms with E-state index in [9.17, 15) is 19.4 Å². The number of H-pyrrole nitrogens is 1. The number of nitrogens with one attached hydrogen (secondary N) is 1. The predicted molar refractivity (Wildman–Crippen MR) is 108 cm³/mol. The molecular formula is C17H19ClN5O6P. The summed E-state index contributed by atoms with van der Waals surface area (Å²) < 4.78 is 24.0. The number of aliphatic hydroxyl groups excluding tert-OH is 1. The molecule has 2 heterocycles. The molecule has 3 aromatic rings. The van der Waals surface area contributed by atoms with Crippen molar-refractivity contribution >= 4 is 36.5 Å². The number of nitrogen functional groups attached to an aromatic ring is 1. The lowest BCUT2D eigenvalue weighted by Crippen LogP contribution is -2.43. The molecule has 1 fully saturated rings. The van der Waals surface area contributed by atoms with Crippen molar-refractivity contribution in [2.24, 2.45) is 11.8 Å². The van der Waals surface area contributed by atoms with Crippen molar-refractivity contribution in [2.45, 2.75) is 12.5 Å². The average Bonchev–Trinajstić information content (AvgIpc) is 3.06. The van der Waals surface area contributed by atoms with Crippen LogP contribution in [-0.2, 0) is 9.09 Å². The van der Waals surface area contributed by atoms with Crippen LogP contribution in [-0.4, -0.2) is 42.7 Å². The fourth-order valence-electron chi connectivity index (χ4n) is 3.59. The predicted octanol–water partition coefficient (Wildman–Crippen LogP) is 1.72. The van der Waals surface area contributed by atoms with E-state index >= 15 is 0 Å². The first-order valence-electron chi connectivity index (χ1n) is 9.03. The summed E-state index contributed by atoms with van der Waals surface area (Å²) in [6.45, 7) is -0.281. The molecule has 1 aliphatic rings. The Balaban J connectivity index is 1.42. The number of phosphoric acid groups is 1. The second-order valence-corrected chi connectivity index (χ2v) is 8.81. The molecule has 4 rings (SSSR count). The van der Waals surface area contributed by atoms with E-state index in [0.717, 1.165) is 0 Å². The van der Waals surface area contributed by atoms with Crippen LogP contribution in [0.2, 0.25) is 5.02 Å². The number of halogens is 1. The zero-order valence-electron chi connectivity index (χ0n) is 15.5. The largest absolute Gasteiger partial charge is 0.527 e. The Hall–Kier alpha value is -2.43. The van der Waals surface area contributed by atoms with Gasteiger partial charge in [0.1, 0.15) is 5.75 Å². The molecule has 0 amide bonds. The lowest BCUT2D eigenvalue weighted by Gasteiger charge is -2.44. The number of nitrogens with two attached hydrogens (primary N) is 1. The molecule has 0 spiro atoms. The first-order valence-corrected chi connectivity index (χ1v) is 10.9. The first-order chi connectivity index (χ1) is 14.3. The van der Waals surface area contributed by atoms with E-state index in [1.54, 1.807) is 4.57 Å². The number of aromatic nitrogens is 4. The molecular weight excluding hydrogens is 437 g/mol. The minimum Gasteiger partial charge on any atom is -0.404 e. The zero-order valence-corrected chi connectivity index (χ0v) is 17.2. The van der Waals surface area contributed by atoms with Crippen molar-refractivity contribution in [1.82, 2.24) is 19.5 Å². The number of hydrogen-bond acceptors (Lipinski definition) is 8. The van der Waals surface area contributed by atoms with Crippen LogP contribution in [0.5, 0.6) is 5.75 Å². The summed E-state index contributed by atoms with van der Waals surface area (Å²) in [4.78, 5) is 32.5. The van der Waals surface area contributed by atoms with E-state index < -0.39 is 13.4 Å². The van der Waals surface area contributed by atoms with Crippen LogP contribution < -0.4 is 15.8 Å². The van der Waals surface area contributed by atoms with Crippen molar-refractivity contribution in [3.05, 3.63) is 46.0 Å². The smallest absolute Gasteiger partial charge is 0.404 e. The number of anilines is 1.